The Kier molecular flexibility index (Phi) is 6.41. The number of nitrogens with zero attached hydrogens (tertiary/aromatic N) is 2. The molecule has 34 heavy (non-hydrogen) atoms. The van der Waals surface area contributed by atoms with Crippen LogP contribution in [-0.4, -0.2) is 38.5 Å². The Labute approximate surface area is 203 Å². The molecule has 0 bridgehead atoms. The highest BCUT2D eigenvalue weighted by molar-refractivity contribution is 7.89. The van der Waals surface area contributed by atoms with E-state index in [4.69, 9.17) is 10.5 Å². The molecule has 3 N–H and O–H groups in total. The van der Waals surface area contributed by atoms with Crippen LogP contribution in [0.1, 0.15) is 33.6 Å². The van der Waals surface area contributed by atoms with Gasteiger partial charge in [0.25, 0.3) is 0 Å². The van der Waals surface area contributed by atoms with Crippen molar-refractivity contribution in [3.8, 4) is 26.8 Å². The lowest BCUT2D eigenvalue weighted by atomic mass is 10.1. The molecule has 2 aromatic carbocycles. The van der Waals surface area contributed by atoms with Gasteiger partial charge >= 0.3 is 0 Å². The number of methoxy groups -OCH3 is 1. The maximum atomic E-state index is 13.4. The second-order valence-electron chi connectivity index (χ2n) is 9.17. The molecule has 0 radical (unpaired) electrons. The predicted octanol–water partition coefficient (Wildman–Crippen LogP) is 4.27. The van der Waals surface area contributed by atoms with Crippen molar-refractivity contribution in [3.05, 3.63) is 42.6 Å². The minimum atomic E-state index is -3.88. The van der Waals surface area contributed by atoms with E-state index in [-0.39, 0.29) is 10.8 Å². The van der Waals surface area contributed by atoms with Gasteiger partial charge < -0.3 is 15.4 Å². The highest BCUT2D eigenvalue weighted by atomic mass is 32.2. The van der Waals surface area contributed by atoms with Crippen molar-refractivity contribution < 1.29 is 17.9 Å². The Bertz CT molecular complexity index is 1340. The monoisotopic (exact) mass is 500 g/mol. The summed E-state index contributed by atoms with van der Waals surface area (Å²) in [5, 5.41) is 0.708. The van der Waals surface area contributed by atoms with Gasteiger partial charge in [-0.25, -0.2) is 18.1 Å². The zero-order valence-electron chi connectivity index (χ0n) is 19.6. The van der Waals surface area contributed by atoms with Gasteiger partial charge in [-0.15, -0.1) is 11.3 Å². The second kappa shape index (κ2) is 9.01. The van der Waals surface area contributed by atoms with Gasteiger partial charge in [0, 0.05) is 41.5 Å². The fraction of sp³-hybridized carbons (Fsp3) is 0.333. The number of nitrogen functional groups attached to an aromatic ring is 1. The molecule has 1 aliphatic rings. The molecule has 0 saturated carbocycles. The average Bonchev–Trinajstić information content (AvgIpc) is 3.41. The van der Waals surface area contributed by atoms with E-state index in [1.165, 1.54) is 11.3 Å². The molecule has 1 aromatic heterocycles. The summed E-state index contributed by atoms with van der Waals surface area (Å²) in [6, 6.07) is 10.5. The Morgan fingerprint density at radius 2 is 1.94 bits per heavy atom. The lowest BCUT2D eigenvalue weighted by Gasteiger charge is -2.23. The molecule has 1 fully saturated rings. The van der Waals surface area contributed by atoms with E-state index in [1.54, 1.807) is 69.3 Å². The van der Waals surface area contributed by atoms with Crippen LogP contribution in [0.15, 0.2) is 47.5 Å². The Hall–Kier alpha value is -2.95. The molecular weight excluding hydrogens is 472 g/mol. The van der Waals surface area contributed by atoms with Crippen LogP contribution in [0.4, 0.5) is 11.4 Å². The number of amides is 1. The molecule has 0 spiro atoms. The van der Waals surface area contributed by atoms with Gasteiger partial charge in [-0.3, -0.25) is 4.79 Å². The Balaban J connectivity index is 1.81. The summed E-state index contributed by atoms with van der Waals surface area (Å²) in [7, 11) is -2.33. The number of nitrogens with two attached hydrogens (primary N) is 1. The molecule has 0 unspecified atom stereocenters. The molecule has 0 atom stereocenters. The zero-order valence-corrected chi connectivity index (χ0v) is 21.2. The van der Waals surface area contributed by atoms with Gasteiger partial charge in [0.2, 0.25) is 15.9 Å². The van der Waals surface area contributed by atoms with E-state index in [0.29, 0.717) is 45.5 Å². The molecule has 180 valence electrons. The minimum Gasteiger partial charge on any atom is -0.495 e. The van der Waals surface area contributed by atoms with Gasteiger partial charge in [0.1, 0.15) is 10.8 Å². The number of ether oxygens (including phenoxy) is 1. The molecule has 1 saturated heterocycles. The van der Waals surface area contributed by atoms with Gasteiger partial charge in [0.15, 0.2) is 0 Å². The van der Waals surface area contributed by atoms with E-state index in [2.05, 4.69) is 9.71 Å². The first kappa shape index (κ1) is 24.2. The number of carbonyl (C=O) groups is 1. The van der Waals surface area contributed by atoms with Crippen LogP contribution in [0.25, 0.3) is 21.0 Å². The van der Waals surface area contributed by atoms with Crippen LogP contribution in [0, 0.1) is 0 Å². The first-order chi connectivity index (χ1) is 16.0. The molecular formula is C24H28N4O4S2. The van der Waals surface area contributed by atoms with E-state index >= 15 is 0 Å². The standard InChI is InChI=1S/C24H28N4O4S2/c1-24(2,3)27-34(30,31)21-13-16(28-11-5-6-22(28)29)8-9-17(21)20-14-26-23(33-20)15-7-10-18(25)19(12-15)32-4/h7-10,12-14,27H,5-6,11,25H2,1-4H3. The van der Waals surface area contributed by atoms with Crippen LogP contribution in [0.2, 0.25) is 0 Å². The number of hydrogen-bond acceptors (Lipinski definition) is 7. The van der Waals surface area contributed by atoms with Crippen LogP contribution in [-0.2, 0) is 14.8 Å². The summed E-state index contributed by atoms with van der Waals surface area (Å²) in [6.07, 6.45) is 2.88. The molecule has 1 amide bonds. The Morgan fingerprint density at radius 1 is 1.18 bits per heavy atom. The van der Waals surface area contributed by atoms with E-state index in [1.807, 2.05) is 6.07 Å². The third kappa shape index (κ3) is 4.94. The fourth-order valence-corrected chi connectivity index (χ4v) is 6.54. The molecule has 0 aliphatic carbocycles. The fourth-order valence-electron chi connectivity index (χ4n) is 3.86. The normalized spacial score (nSPS) is 14.6. The van der Waals surface area contributed by atoms with E-state index < -0.39 is 15.6 Å². The number of rotatable bonds is 6. The SMILES string of the molecule is COc1cc(-c2ncc(-c3ccc(N4CCCC4=O)cc3S(=O)(=O)NC(C)(C)C)s2)ccc1N. The van der Waals surface area contributed by atoms with Gasteiger partial charge in [0.05, 0.1) is 22.6 Å². The van der Waals surface area contributed by atoms with Crippen LogP contribution in [0.5, 0.6) is 5.75 Å². The third-order valence-electron chi connectivity index (χ3n) is 5.33. The highest BCUT2D eigenvalue weighted by Gasteiger charge is 2.29. The summed E-state index contributed by atoms with van der Waals surface area (Å²) < 4.78 is 34.9. The number of aromatic nitrogens is 1. The first-order valence-electron chi connectivity index (χ1n) is 10.9. The summed E-state index contributed by atoms with van der Waals surface area (Å²) in [4.78, 5) is 19.3. The average molecular weight is 501 g/mol. The van der Waals surface area contributed by atoms with Crippen molar-refractivity contribution in [2.75, 3.05) is 24.3 Å². The maximum absolute atomic E-state index is 13.4. The number of anilines is 2. The Morgan fingerprint density at radius 3 is 2.59 bits per heavy atom. The predicted molar refractivity (Wildman–Crippen MR) is 136 cm³/mol. The lowest BCUT2D eigenvalue weighted by molar-refractivity contribution is -0.117. The molecule has 8 nitrogen and oxygen atoms in total. The zero-order chi connectivity index (χ0) is 24.7. The minimum absolute atomic E-state index is 0.00254. The molecule has 3 aromatic rings. The summed E-state index contributed by atoms with van der Waals surface area (Å²) >= 11 is 1.37. The summed E-state index contributed by atoms with van der Waals surface area (Å²) in [5.74, 6) is 0.545. The number of benzene rings is 2. The number of nitrogens with one attached hydrogen (secondary N) is 1. The molecule has 4 rings (SSSR count). The summed E-state index contributed by atoms with van der Waals surface area (Å²) in [6.45, 7) is 5.94. The van der Waals surface area contributed by atoms with E-state index in [0.717, 1.165) is 12.0 Å². The maximum Gasteiger partial charge on any atom is 0.241 e. The van der Waals surface area contributed by atoms with Crippen molar-refractivity contribution in [1.29, 1.82) is 0 Å². The van der Waals surface area contributed by atoms with Gasteiger partial charge in [-0.05, 0) is 57.5 Å². The van der Waals surface area contributed by atoms with Crippen LogP contribution in [0.3, 0.4) is 0 Å². The van der Waals surface area contributed by atoms with Gasteiger partial charge in [-0.2, -0.15) is 0 Å². The largest absolute Gasteiger partial charge is 0.495 e. The topological polar surface area (TPSA) is 115 Å². The van der Waals surface area contributed by atoms with Crippen LogP contribution >= 0.6 is 11.3 Å². The van der Waals surface area contributed by atoms with E-state index in [9.17, 15) is 13.2 Å². The van der Waals surface area contributed by atoms with Crippen molar-refractivity contribution in [2.24, 2.45) is 0 Å². The van der Waals surface area contributed by atoms with Crippen molar-refractivity contribution in [3.63, 3.8) is 0 Å². The third-order valence-corrected chi connectivity index (χ3v) is 8.21. The van der Waals surface area contributed by atoms with Crippen molar-refractivity contribution in [2.45, 2.75) is 44.0 Å². The number of carbonyl (C=O) groups excluding carboxylic acids is 1. The number of sulfonamides is 1. The lowest BCUT2D eigenvalue weighted by Crippen LogP contribution is -2.40. The van der Waals surface area contributed by atoms with Crippen LogP contribution < -0.4 is 20.1 Å². The quantitative estimate of drug-likeness (QED) is 0.489. The van der Waals surface area contributed by atoms with Crippen molar-refractivity contribution >= 4 is 38.6 Å². The second-order valence-corrected chi connectivity index (χ2v) is 11.9. The first-order valence-corrected chi connectivity index (χ1v) is 13.2. The number of thiazole rings is 1. The summed E-state index contributed by atoms with van der Waals surface area (Å²) in [5.41, 5.74) is 7.70. The molecule has 2 heterocycles. The van der Waals surface area contributed by atoms with Crippen molar-refractivity contribution in [1.82, 2.24) is 9.71 Å². The molecule has 10 heteroatoms. The number of hydrogen-bond donors (Lipinski definition) is 2. The molecule has 1 aliphatic heterocycles. The van der Waals surface area contributed by atoms with Gasteiger partial charge in [-0.1, -0.05) is 6.07 Å². The highest BCUT2D eigenvalue weighted by Crippen LogP contribution is 2.39. The smallest absolute Gasteiger partial charge is 0.241 e.